The van der Waals surface area contributed by atoms with E-state index in [1.54, 1.807) is 12.1 Å². The molecule has 3 rings (SSSR count). The highest BCUT2D eigenvalue weighted by atomic mass is 19.2. The lowest BCUT2D eigenvalue weighted by atomic mass is 9.77. The highest BCUT2D eigenvalue weighted by Crippen LogP contribution is 2.37. The van der Waals surface area contributed by atoms with Crippen molar-refractivity contribution in [3.63, 3.8) is 0 Å². The van der Waals surface area contributed by atoms with E-state index in [9.17, 15) is 18.0 Å². The van der Waals surface area contributed by atoms with Crippen molar-refractivity contribution in [1.29, 1.82) is 0 Å². The van der Waals surface area contributed by atoms with Gasteiger partial charge in [0, 0.05) is 12.1 Å². The SMILES string of the molecule is CCCCCC1CCC(c2ccc(C(=O)Oc3cc(F)c(F)c(F)c3)cc2)CC1. The summed E-state index contributed by atoms with van der Waals surface area (Å²) in [6.07, 6.45) is 10.0. The van der Waals surface area contributed by atoms with Gasteiger partial charge in [-0.05, 0) is 55.2 Å². The van der Waals surface area contributed by atoms with E-state index in [1.165, 1.54) is 44.1 Å². The standard InChI is InChI=1S/C24H27F3O2/c1-2-3-4-5-16-6-8-17(9-7-16)18-10-12-19(13-11-18)24(28)29-20-14-21(25)23(27)22(26)15-20/h10-17H,2-9H2,1H3. The summed E-state index contributed by atoms with van der Waals surface area (Å²) in [6, 6.07) is 8.49. The summed E-state index contributed by atoms with van der Waals surface area (Å²) in [6.45, 7) is 2.23. The molecule has 0 bridgehead atoms. The topological polar surface area (TPSA) is 26.3 Å². The number of ether oxygens (including phenoxy) is 1. The van der Waals surface area contributed by atoms with Gasteiger partial charge < -0.3 is 4.74 Å². The van der Waals surface area contributed by atoms with E-state index in [4.69, 9.17) is 4.74 Å². The van der Waals surface area contributed by atoms with Crippen LogP contribution in [0.15, 0.2) is 36.4 Å². The molecule has 1 aliphatic carbocycles. The Morgan fingerprint density at radius 1 is 0.966 bits per heavy atom. The normalized spacial score (nSPS) is 19.2. The second-order valence-corrected chi connectivity index (χ2v) is 7.93. The molecule has 0 amide bonds. The lowest BCUT2D eigenvalue weighted by molar-refractivity contribution is 0.0733. The molecule has 0 radical (unpaired) electrons. The molecule has 0 spiro atoms. The number of hydrogen-bond donors (Lipinski definition) is 0. The number of esters is 1. The molecule has 0 aliphatic heterocycles. The monoisotopic (exact) mass is 404 g/mol. The van der Waals surface area contributed by atoms with Crippen molar-refractivity contribution in [2.24, 2.45) is 5.92 Å². The fourth-order valence-corrected chi connectivity index (χ4v) is 4.12. The van der Waals surface area contributed by atoms with Crippen LogP contribution in [0, 0.1) is 23.4 Å². The Kier molecular flexibility index (Phi) is 7.34. The first-order valence-corrected chi connectivity index (χ1v) is 10.4. The molecule has 0 saturated heterocycles. The first-order chi connectivity index (χ1) is 14.0. The number of rotatable bonds is 7. The number of carbonyl (C=O) groups excluding carboxylic acids is 1. The first kappa shape index (κ1) is 21.4. The third kappa shape index (κ3) is 5.62. The van der Waals surface area contributed by atoms with Gasteiger partial charge in [-0.25, -0.2) is 18.0 Å². The summed E-state index contributed by atoms with van der Waals surface area (Å²) in [4.78, 5) is 12.2. The van der Waals surface area contributed by atoms with Gasteiger partial charge in [-0.15, -0.1) is 0 Å². The molecule has 0 unspecified atom stereocenters. The van der Waals surface area contributed by atoms with Crippen LogP contribution in [-0.4, -0.2) is 5.97 Å². The fraction of sp³-hybridized carbons (Fsp3) is 0.458. The molecule has 1 saturated carbocycles. The zero-order valence-electron chi connectivity index (χ0n) is 16.7. The van der Waals surface area contributed by atoms with Gasteiger partial charge in [-0.3, -0.25) is 0 Å². The Labute approximate surface area is 170 Å². The molecule has 1 aliphatic rings. The number of halogens is 3. The van der Waals surface area contributed by atoms with Crippen LogP contribution in [0.3, 0.4) is 0 Å². The van der Waals surface area contributed by atoms with E-state index in [2.05, 4.69) is 6.92 Å². The van der Waals surface area contributed by atoms with Gasteiger partial charge in [-0.1, -0.05) is 44.7 Å². The summed E-state index contributed by atoms with van der Waals surface area (Å²) in [5, 5.41) is 0. The van der Waals surface area contributed by atoms with Gasteiger partial charge in [0.25, 0.3) is 0 Å². The Morgan fingerprint density at radius 2 is 1.59 bits per heavy atom. The minimum absolute atomic E-state index is 0.284. The summed E-state index contributed by atoms with van der Waals surface area (Å²) >= 11 is 0. The van der Waals surface area contributed by atoms with Crippen molar-refractivity contribution in [2.75, 3.05) is 0 Å². The summed E-state index contributed by atoms with van der Waals surface area (Å²) in [7, 11) is 0. The van der Waals surface area contributed by atoms with Crippen LogP contribution in [0.25, 0.3) is 0 Å². The maximum atomic E-state index is 13.3. The van der Waals surface area contributed by atoms with Crippen molar-refractivity contribution >= 4 is 5.97 Å². The van der Waals surface area contributed by atoms with E-state index in [0.29, 0.717) is 18.1 Å². The van der Waals surface area contributed by atoms with Gasteiger partial charge in [0.2, 0.25) is 0 Å². The predicted octanol–water partition coefficient (Wildman–Crippen LogP) is 7.18. The maximum absolute atomic E-state index is 13.3. The van der Waals surface area contributed by atoms with Crippen LogP contribution in [0.1, 0.15) is 80.1 Å². The molecule has 5 heteroatoms. The largest absolute Gasteiger partial charge is 0.423 e. The molecule has 0 atom stereocenters. The molecule has 0 aromatic heterocycles. The number of unbranched alkanes of at least 4 members (excludes halogenated alkanes) is 2. The maximum Gasteiger partial charge on any atom is 0.343 e. The molecule has 0 N–H and O–H groups in total. The lowest BCUT2D eigenvalue weighted by Gasteiger charge is -2.29. The Morgan fingerprint density at radius 3 is 2.17 bits per heavy atom. The van der Waals surface area contributed by atoms with E-state index >= 15 is 0 Å². The summed E-state index contributed by atoms with van der Waals surface area (Å²) < 4.78 is 44.5. The van der Waals surface area contributed by atoms with Crippen LogP contribution >= 0.6 is 0 Å². The van der Waals surface area contributed by atoms with E-state index in [0.717, 1.165) is 18.8 Å². The highest BCUT2D eigenvalue weighted by molar-refractivity contribution is 5.91. The van der Waals surface area contributed by atoms with Crippen LogP contribution in [0.5, 0.6) is 5.75 Å². The second-order valence-electron chi connectivity index (χ2n) is 7.93. The molecule has 0 heterocycles. The van der Waals surface area contributed by atoms with Crippen LogP contribution < -0.4 is 4.74 Å². The average molecular weight is 404 g/mol. The van der Waals surface area contributed by atoms with Gasteiger partial charge in [0.1, 0.15) is 5.75 Å². The van der Waals surface area contributed by atoms with Crippen LogP contribution in [0.4, 0.5) is 13.2 Å². The van der Waals surface area contributed by atoms with E-state index in [1.807, 2.05) is 12.1 Å². The Hall–Kier alpha value is -2.30. The number of benzene rings is 2. The van der Waals surface area contributed by atoms with E-state index < -0.39 is 23.4 Å². The molecule has 1 fully saturated rings. The number of carbonyl (C=O) groups is 1. The van der Waals surface area contributed by atoms with Gasteiger partial charge in [0.05, 0.1) is 5.56 Å². The van der Waals surface area contributed by atoms with Crippen molar-refractivity contribution in [3.8, 4) is 5.75 Å². The Bertz CT molecular complexity index is 802. The van der Waals surface area contributed by atoms with Crippen LogP contribution in [0.2, 0.25) is 0 Å². The highest BCUT2D eigenvalue weighted by Gasteiger charge is 2.22. The zero-order valence-corrected chi connectivity index (χ0v) is 16.7. The molecule has 2 aromatic rings. The smallest absolute Gasteiger partial charge is 0.343 e. The first-order valence-electron chi connectivity index (χ1n) is 10.4. The molecular weight excluding hydrogens is 377 g/mol. The van der Waals surface area contributed by atoms with Gasteiger partial charge >= 0.3 is 5.97 Å². The van der Waals surface area contributed by atoms with E-state index in [-0.39, 0.29) is 11.3 Å². The molecule has 156 valence electrons. The van der Waals surface area contributed by atoms with Crippen LogP contribution in [-0.2, 0) is 0 Å². The van der Waals surface area contributed by atoms with Crippen molar-refractivity contribution in [2.45, 2.75) is 64.2 Å². The van der Waals surface area contributed by atoms with Crippen molar-refractivity contribution in [1.82, 2.24) is 0 Å². The summed E-state index contributed by atoms with van der Waals surface area (Å²) in [5.41, 5.74) is 1.49. The van der Waals surface area contributed by atoms with Gasteiger partial charge in [0.15, 0.2) is 17.5 Å². The minimum Gasteiger partial charge on any atom is -0.423 e. The molecule has 29 heavy (non-hydrogen) atoms. The third-order valence-corrected chi connectivity index (χ3v) is 5.85. The lowest BCUT2D eigenvalue weighted by Crippen LogP contribution is -2.14. The molecule has 2 nitrogen and oxygen atoms in total. The Balaban J connectivity index is 1.55. The second kappa shape index (κ2) is 9.95. The van der Waals surface area contributed by atoms with Crippen molar-refractivity contribution in [3.05, 3.63) is 65.0 Å². The van der Waals surface area contributed by atoms with Crippen molar-refractivity contribution < 1.29 is 22.7 Å². The fourth-order valence-electron chi connectivity index (χ4n) is 4.12. The zero-order chi connectivity index (χ0) is 20.8. The molecule has 2 aromatic carbocycles. The predicted molar refractivity (Wildman–Crippen MR) is 107 cm³/mol. The quantitative estimate of drug-likeness (QED) is 0.211. The number of hydrogen-bond acceptors (Lipinski definition) is 2. The minimum atomic E-state index is -1.59. The average Bonchev–Trinajstić information content (AvgIpc) is 2.73. The third-order valence-electron chi connectivity index (χ3n) is 5.85. The molecular formula is C24H27F3O2. The summed E-state index contributed by atoms with van der Waals surface area (Å²) in [5.74, 6) is -4.14. The van der Waals surface area contributed by atoms with Gasteiger partial charge in [-0.2, -0.15) is 0 Å².